The SMILES string of the molecule is COc1ccc(C)cc1C(O)Cc1cc(F)ccc1F. The highest BCUT2D eigenvalue weighted by molar-refractivity contribution is 5.39. The first-order valence-electron chi connectivity index (χ1n) is 6.28. The first-order valence-corrected chi connectivity index (χ1v) is 6.28. The van der Waals surface area contributed by atoms with Crippen LogP contribution in [0.3, 0.4) is 0 Å². The van der Waals surface area contributed by atoms with E-state index in [0.717, 1.165) is 23.8 Å². The van der Waals surface area contributed by atoms with Crippen molar-refractivity contribution in [3.8, 4) is 5.75 Å². The Morgan fingerprint density at radius 3 is 2.60 bits per heavy atom. The molecule has 0 aliphatic carbocycles. The molecule has 2 rings (SSSR count). The number of methoxy groups -OCH3 is 1. The third kappa shape index (κ3) is 3.14. The summed E-state index contributed by atoms with van der Waals surface area (Å²) in [5.74, 6) is -0.526. The van der Waals surface area contributed by atoms with Crippen LogP contribution in [0.1, 0.15) is 22.8 Å². The summed E-state index contributed by atoms with van der Waals surface area (Å²) in [6, 6.07) is 8.60. The van der Waals surface area contributed by atoms with Crippen LogP contribution in [0.5, 0.6) is 5.75 Å². The molecule has 0 spiro atoms. The summed E-state index contributed by atoms with van der Waals surface area (Å²) >= 11 is 0. The standard InChI is InChI=1S/C16H16F2O2/c1-10-3-6-16(20-2)13(7-10)15(19)9-11-8-12(17)4-5-14(11)18/h3-8,15,19H,9H2,1-2H3. The zero-order chi connectivity index (χ0) is 14.7. The molecule has 1 unspecified atom stereocenters. The van der Waals surface area contributed by atoms with E-state index in [-0.39, 0.29) is 12.0 Å². The van der Waals surface area contributed by atoms with E-state index >= 15 is 0 Å². The summed E-state index contributed by atoms with van der Waals surface area (Å²) in [6.07, 6.45) is -0.968. The zero-order valence-electron chi connectivity index (χ0n) is 11.4. The quantitative estimate of drug-likeness (QED) is 0.926. The topological polar surface area (TPSA) is 29.5 Å². The van der Waals surface area contributed by atoms with Crippen LogP contribution in [-0.4, -0.2) is 12.2 Å². The van der Waals surface area contributed by atoms with E-state index in [0.29, 0.717) is 11.3 Å². The van der Waals surface area contributed by atoms with Gasteiger partial charge in [0.2, 0.25) is 0 Å². The lowest BCUT2D eigenvalue weighted by Crippen LogP contribution is -2.06. The Kier molecular flexibility index (Phi) is 4.35. The Hall–Kier alpha value is -1.94. The molecule has 0 amide bonds. The molecule has 2 aromatic carbocycles. The molecule has 4 heteroatoms. The van der Waals surface area contributed by atoms with Gasteiger partial charge < -0.3 is 9.84 Å². The fourth-order valence-corrected chi connectivity index (χ4v) is 2.13. The molecule has 2 nitrogen and oxygen atoms in total. The van der Waals surface area contributed by atoms with Crippen LogP contribution in [0, 0.1) is 18.6 Å². The van der Waals surface area contributed by atoms with Gasteiger partial charge in [0.05, 0.1) is 13.2 Å². The van der Waals surface area contributed by atoms with Crippen molar-refractivity contribution in [2.24, 2.45) is 0 Å². The number of halogens is 2. The lowest BCUT2D eigenvalue weighted by Gasteiger charge is -2.16. The molecule has 0 fully saturated rings. The third-order valence-corrected chi connectivity index (χ3v) is 3.17. The largest absolute Gasteiger partial charge is 0.496 e. The molecule has 0 aliphatic heterocycles. The second-order valence-corrected chi connectivity index (χ2v) is 4.70. The second kappa shape index (κ2) is 6.01. The van der Waals surface area contributed by atoms with E-state index < -0.39 is 17.7 Å². The minimum absolute atomic E-state index is 0.0105. The summed E-state index contributed by atoms with van der Waals surface area (Å²) in [4.78, 5) is 0. The second-order valence-electron chi connectivity index (χ2n) is 4.70. The average Bonchev–Trinajstić information content (AvgIpc) is 2.42. The Morgan fingerprint density at radius 2 is 1.90 bits per heavy atom. The lowest BCUT2D eigenvalue weighted by molar-refractivity contribution is 0.172. The Balaban J connectivity index is 2.30. The van der Waals surface area contributed by atoms with Gasteiger partial charge in [0.15, 0.2) is 0 Å². The zero-order valence-corrected chi connectivity index (χ0v) is 11.4. The van der Waals surface area contributed by atoms with Gasteiger partial charge in [0, 0.05) is 12.0 Å². The van der Waals surface area contributed by atoms with Crippen molar-refractivity contribution < 1.29 is 18.6 Å². The van der Waals surface area contributed by atoms with Crippen LogP contribution < -0.4 is 4.74 Å². The predicted octanol–water partition coefficient (Wildman–Crippen LogP) is 3.56. The van der Waals surface area contributed by atoms with Crippen molar-refractivity contribution in [3.05, 3.63) is 64.7 Å². The maximum Gasteiger partial charge on any atom is 0.126 e. The van der Waals surface area contributed by atoms with Gasteiger partial charge in [-0.1, -0.05) is 11.6 Å². The van der Waals surface area contributed by atoms with E-state index in [1.807, 2.05) is 13.0 Å². The van der Waals surface area contributed by atoms with Gasteiger partial charge in [-0.2, -0.15) is 0 Å². The lowest BCUT2D eigenvalue weighted by atomic mass is 9.98. The molecule has 0 saturated heterocycles. The van der Waals surface area contributed by atoms with Crippen LogP contribution >= 0.6 is 0 Å². The molecular weight excluding hydrogens is 262 g/mol. The molecule has 1 N–H and O–H groups in total. The summed E-state index contributed by atoms with van der Waals surface area (Å²) in [5, 5.41) is 10.3. The molecule has 0 aromatic heterocycles. The van der Waals surface area contributed by atoms with E-state index in [1.165, 1.54) is 7.11 Å². The molecule has 106 valence electrons. The van der Waals surface area contributed by atoms with Crippen molar-refractivity contribution in [3.63, 3.8) is 0 Å². The number of aryl methyl sites for hydroxylation is 1. The van der Waals surface area contributed by atoms with Gasteiger partial charge in [0.25, 0.3) is 0 Å². The first kappa shape index (κ1) is 14.5. The smallest absolute Gasteiger partial charge is 0.126 e. The highest BCUT2D eigenvalue weighted by Crippen LogP contribution is 2.29. The molecule has 20 heavy (non-hydrogen) atoms. The minimum atomic E-state index is -0.957. The molecule has 0 aliphatic rings. The number of benzene rings is 2. The van der Waals surface area contributed by atoms with Crippen LogP contribution in [0.2, 0.25) is 0 Å². The fraction of sp³-hybridized carbons (Fsp3) is 0.250. The maximum atomic E-state index is 13.6. The molecule has 1 atom stereocenters. The molecule has 0 heterocycles. The Bertz CT molecular complexity index is 611. The number of hydrogen-bond donors (Lipinski definition) is 1. The highest BCUT2D eigenvalue weighted by atomic mass is 19.1. The van der Waals surface area contributed by atoms with Crippen molar-refractivity contribution in [1.82, 2.24) is 0 Å². The fourth-order valence-electron chi connectivity index (χ4n) is 2.13. The number of hydrogen-bond acceptors (Lipinski definition) is 2. The molecule has 2 aromatic rings. The normalized spacial score (nSPS) is 12.2. The van der Waals surface area contributed by atoms with Crippen LogP contribution in [0.25, 0.3) is 0 Å². The average molecular weight is 278 g/mol. The third-order valence-electron chi connectivity index (χ3n) is 3.17. The monoisotopic (exact) mass is 278 g/mol. The number of aliphatic hydroxyl groups excluding tert-OH is 1. The summed E-state index contributed by atoms with van der Waals surface area (Å²) < 4.78 is 31.9. The van der Waals surface area contributed by atoms with Gasteiger partial charge in [-0.05, 0) is 42.8 Å². The Morgan fingerprint density at radius 1 is 1.15 bits per heavy atom. The van der Waals surface area contributed by atoms with E-state index in [4.69, 9.17) is 4.74 Å². The summed E-state index contributed by atoms with van der Waals surface area (Å²) in [5.41, 5.74) is 1.66. The number of ether oxygens (including phenoxy) is 1. The van der Waals surface area contributed by atoms with Gasteiger partial charge in [-0.25, -0.2) is 8.78 Å². The van der Waals surface area contributed by atoms with E-state index in [9.17, 15) is 13.9 Å². The van der Waals surface area contributed by atoms with Crippen molar-refractivity contribution >= 4 is 0 Å². The van der Waals surface area contributed by atoms with E-state index in [1.54, 1.807) is 12.1 Å². The molecule has 0 radical (unpaired) electrons. The molecule has 0 bridgehead atoms. The summed E-state index contributed by atoms with van der Waals surface area (Å²) in [6.45, 7) is 1.89. The molecular formula is C16H16F2O2. The number of rotatable bonds is 4. The molecule has 0 saturated carbocycles. The minimum Gasteiger partial charge on any atom is -0.496 e. The van der Waals surface area contributed by atoms with Crippen LogP contribution in [0.4, 0.5) is 8.78 Å². The summed E-state index contributed by atoms with van der Waals surface area (Å²) in [7, 11) is 1.50. The Labute approximate surface area is 116 Å². The van der Waals surface area contributed by atoms with Crippen molar-refractivity contribution in [1.29, 1.82) is 0 Å². The predicted molar refractivity (Wildman–Crippen MR) is 72.8 cm³/mol. The highest BCUT2D eigenvalue weighted by Gasteiger charge is 2.16. The van der Waals surface area contributed by atoms with Crippen LogP contribution in [-0.2, 0) is 6.42 Å². The van der Waals surface area contributed by atoms with Gasteiger partial charge in [-0.15, -0.1) is 0 Å². The number of aliphatic hydroxyl groups is 1. The van der Waals surface area contributed by atoms with Gasteiger partial charge >= 0.3 is 0 Å². The van der Waals surface area contributed by atoms with Gasteiger partial charge in [-0.3, -0.25) is 0 Å². The first-order chi connectivity index (χ1) is 9.51. The van der Waals surface area contributed by atoms with Crippen LogP contribution in [0.15, 0.2) is 36.4 Å². The maximum absolute atomic E-state index is 13.6. The van der Waals surface area contributed by atoms with Crippen molar-refractivity contribution in [2.45, 2.75) is 19.4 Å². The van der Waals surface area contributed by atoms with Crippen molar-refractivity contribution in [2.75, 3.05) is 7.11 Å². The van der Waals surface area contributed by atoms with E-state index in [2.05, 4.69) is 0 Å². The van der Waals surface area contributed by atoms with Gasteiger partial charge in [0.1, 0.15) is 17.4 Å².